The van der Waals surface area contributed by atoms with Crippen LogP contribution in [0.1, 0.15) is 67.9 Å². The smallest absolute Gasteiger partial charge is 0.226 e. The summed E-state index contributed by atoms with van der Waals surface area (Å²) in [5, 5.41) is 0. The first kappa shape index (κ1) is 15.2. The van der Waals surface area contributed by atoms with E-state index in [2.05, 4.69) is 24.3 Å². The molecule has 124 valence electrons. The van der Waals surface area contributed by atoms with Gasteiger partial charge in [0.2, 0.25) is 5.91 Å². The molecule has 1 amide bonds. The number of amides is 1. The fourth-order valence-electron chi connectivity index (χ4n) is 4.67. The van der Waals surface area contributed by atoms with Crippen molar-refractivity contribution in [2.24, 2.45) is 11.7 Å². The standard InChI is InChI=1S/C20H28N2O/c21-15-10-11-22(13-15)20(23)19-12-18(19)17-9-5-4-8-16(17)14-6-2-1-3-7-14/h4-5,8-9,14-15,18-19H,1-3,6-7,10-13,21H2. The number of benzene rings is 1. The predicted octanol–water partition coefficient (Wildman–Crippen LogP) is 3.40. The average molecular weight is 312 g/mol. The van der Waals surface area contributed by atoms with Crippen LogP contribution in [0.4, 0.5) is 0 Å². The van der Waals surface area contributed by atoms with Crippen LogP contribution in [0, 0.1) is 5.92 Å². The lowest BCUT2D eigenvalue weighted by Crippen LogP contribution is -2.33. The van der Waals surface area contributed by atoms with Gasteiger partial charge in [0, 0.05) is 25.0 Å². The molecule has 0 radical (unpaired) electrons. The van der Waals surface area contributed by atoms with Gasteiger partial charge in [-0.05, 0) is 48.6 Å². The van der Waals surface area contributed by atoms with E-state index < -0.39 is 0 Å². The van der Waals surface area contributed by atoms with Gasteiger partial charge >= 0.3 is 0 Å². The van der Waals surface area contributed by atoms with Gasteiger partial charge in [0.15, 0.2) is 0 Å². The molecule has 2 aliphatic carbocycles. The Morgan fingerprint density at radius 2 is 1.78 bits per heavy atom. The number of carbonyl (C=O) groups excluding carboxylic acids is 1. The predicted molar refractivity (Wildman–Crippen MR) is 92.3 cm³/mol. The van der Waals surface area contributed by atoms with Crippen molar-refractivity contribution in [3.63, 3.8) is 0 Å². The van der Waals surface area contributed by atoms with E-state index in [4.69, 9.17) is 5.73 Å². The molecule has 3 heteroatoms. The van der Waals surface area contributed by atoms with Crippen molar-refractivity contribution >= 4 is 5.91 Å². The van der Waals surface area contributed by atoms with Gasteiger partial charge in [-0.15, -0.1) is 0 Å². The van der Waals surface area contributed by atoms with Crippen molar-refractivity contribution in [3.05, 3.63) is 35.4 Å². The Labute approximate surface area is 139 Å². The van der Waals surface area contributed by atoms with Crippen molar-refractivity contribution in [1.29, 1.82) is 0 Å². The Morgan fingerprint density at radius 1 is 1.04 bits per heavy atom. The molecule has 3 unspecified atom stereocenters. The third-order valence-electron chi connectivity index (χ3n) is 6.08. The molecule has 1 aromatic carbocycles. The van der Waals surface area contributed by atoms with Gasteiger partial charge in [-0.1, -0.05) is 43.5 Å². The first-order chi connectivity index (χ1) is 11.2. The summed E-state index contributed by atoms with van der Waals surface area (Å²) in [5.41, 5.74) is 8.95. The molecule has 3 nitrogen and oxygen atoms in total. The zero-order valence-electron chi connectivity index (χ0n) is 13.9. The highest BCUT2D eigenvalue weighted by atomic mass is 16.2. The van der Waals surface area contributed by atoms with Crippen molar-refractivity contribution < 1.29 is 4.79 Å². The molecule has 2 N–H and O–H groups in total. The van der Waals surface area contributed by atoms with E-state index in [1.54, 1.807) is 0 Å². The molecular weight excluding hydrogens is 284 g/mol. The Kier molecular flexibility index (Phi) is 4.14. The first-order valence-corrected chi connectivity index (χ1v) is 9.37. The summed E-state index contributed by atoms with van der Waals surface area (Å²) in [6, 6.07) is 9.10. The van der Waals surface area contributed by atoms with Crippen LogP contribution in [0.25, 0.3) is 0 Å². The second-order valence-corrected chi connectivity index (χ2v) is 7.75. The minimum absolute atomic E-state index is 0.186. The van der Waals surface area contributed by atoms with Crippen LogP contribution in [0.15, 0.2) is 24.3 Å². The number of nitrogens with two attached hydrogens (primary N) is 1. The molecular formula is C20H28N2O. The fourth-order valence-corrected chi connectivity index (χ4v) is 4.67. The van der Waals surface area contributed by atoms with Crippen LogP contribution in [-0.4, -0.2) is 29.9 Å². The molecule has 2 saturated carbocycles. The molecule has 3 atom stereocenters. The fraction of sp³-hybridized carbons (Fsp3) is 0.650. The van der Waals surface area contributed by atoms with E-state index in [1.807, 2.05) is 4.90 Å². The number of likely N-dealkylation sites (tertiary alicyclic amines) is 1. The number of rotatable bonds is 3. The maximum absolute atomic E-state index is 12.7. The number of carbonyl (C=O) groups is 1. The van der Waals surface area contributed by atoms with Gasteiger partial charge in [-0.25, -0.2) is 0 Å². The van der Waals surface area contributed by atoms with Crippen molar-refractivity contribution in [3.8, 4) is 0 Å². The minimum atomic E-state index is 0.186. The van der Waals surface area contributed by atoms with Gasteiger partial charge in [0.1, 0.15) is 0 Å². The molecule has 0 bridgehead atoms. The van der Waals surface area contributed by atoms with Crippen molar-refractivity contribution in [1.82, 2.24) is 4.90 Å². The number of hydrogen-bond donors (Lipinski definition) is 1. The van der Waals surface area contributed by atoms with E-state index in [0.29, 0.717) is 11.8 Å². The Bertz CT molecular complexity index is 579. The molecule has 1 aliphatic heterocycles. The zero-order chi connectivity index (χ0) is 15.8. The summed E-state index contributed by atoms with van der Waals surface area (Å²) in [4.78, 5) is 14.7. The van der Waals surface area contributed by atoms with Crippen LogP contribution in [0.3, 0.4) is 0 Å². The third kappa shape index (κ3) is 3.03. The van der Waals surface area contributed by atoms with Crippen LogP contribution in [-0.2, 0) is 4.79 Å². The van der Waals surface area contributed by atoms with E-state index in [9.17, 15) is 4.79 Å². The normalized spacial score (nSPS) is 31.3. The molecule has 0 aromatic heterocycles. The highest BCUT2D eigenvalue weighted by molar-refractivity contribution is 5.83. The minimum Gasteiger partial charge on any atom is -0.341 e. The molecule has 4 rings (SSSR count). The number of hydrogen-bond acceptors (Lipinski definition) is 2. The van der Waals surface area contributed by atoms with E-state index in [1.165, 1.54) is 43.2 Å². The summed E-state index contributed by atoms with van der Waals surface area (Å²) in [6.45, 7) is 1.61. The summed E-state index contributed by atoms with van der Waals surface area (Å²) < 4.78 is 0. The summed E-state index contributed by atoms with van der Waals surface area (Å²) in [6.07, 6.45) is 8.75. The summed E-state index contributed by atoms with van der Waals surface area (Å²) >= 11 is 0. The highest BCUT2D eigenvalue weighted by Crippen LogP contribution is 2.51. The summed E-state index contributed by atoms with van der Waals surface area (Å²) in [7, 11) is 0. The molecule has 3 aliphatic rings. The molecule has 3 fully saturated rings. The maximum atomic E-state index is 12.7. The zero-order valence-corrected chi connectivity index (χ0v) is 13.9. The Hall–Kier alpha value is -1.35. The van der Waals surface area contributed by atoms with E-state index in [-0.39, 0.29) is 12.0 Å². The third-order valence-corrected chi connectivity index (χ3v) is 6.08. The second kappa shape index (κ2) is 6.27. The monoisotopic (exact) mass is 312 g/mol. The largest absolute Gasteiger partial charge is 0.341 e. The summed E-state index contributed by atoms with van der Waals surface area (Å²) in [5.74, 6) is 1.74. The van der Waals surface area contributed by atoms with E-state index >= 15 is 0 Å². The van der Waals surface area contributed by atoms with Gasteiger partial charge in [-0.2, -0.15) is 0 Å². The molecule has 1 saturated heterocycles. The number of nitrogens with zero attached hydrogens (tertiary/aromatic N) is 1. The Morgan fingerprint density at radius 3 is 2.48 bits per heavy atom. The maximum Gasteiger partial charge on any atom is 0.226 e. The lowest BCUT2D eigenvalue weighted by Gasteiger charge is -2.24. The van der Waals surface area contributed by atoms with E-state index in [0.717, 1.165) is 31.8 Å². The van der Waals surface area contributed by atoms with Gasteiger partial charge in [0.05, 0.1) is 0 Å². The van der Waals surface area contributed by atoms with Crippen molar-refractivity contribution in [2.45, 2.75) is 62.8 Å². The van der Waals surface area contributed by atoms with Crippen molar-refractivity contribution in [2.75, 3.05) is 13.1 Å². The second-order valence-electron chi connectivity index (χ2n) is 7.75. The Balaban J connectivity index is 1.48. The topological polar surface area (TPSA) is 46.3 Å². The first-order valence-electron chi connectivity index (χ1n) is 9.37. The molecule has 23 heavy (non-hydrogen) atoms. The molecule has 1 heterocycles. The van der Waals surface area contributed by atoms with Crippen LogP contribution < -0.4 is 5.73 Å². The highest BCUT2D eigenvalue weighted by Gasteiger charge is 2.47. The van der Waals surface area contributed by atoms with Crippen LogP contribution >= 0.6 is 0 Å². The quantitative estimate of drug-likeness (QED) is 0.930. The van der Waals surface area contributed by atoms with Gasteiger partial charge < -0.3 is 10.6 Å². The van der Waals surface area contributed by atoms with Gasteiger partial charge in [-0.3, -0.25) is 4.79 Å². The SMILES string of the molecule is NC1CCN(C(=O)C2CC2c2ccccc2C2CCCCC2)C1. The average Bonchev–Trinajstić information content (AvgIpc) is 3.28. The van der Waals surface area contributed by atoms with Crippen LogP contribution in [0.2, 0.25) is 0 Å². The van der Waals surface area contributed by atoms with Crippen LogP contribution in [0.5, 0.6) is 0 Å². The lowest BCUT2D eigenvalue weighted by atomic mass is 9.81. The molecule has 1 aromatic rings. The molecule has 0 spiro atoms. The lowest BCUT2D eigenvalue weighted by molar-refractivity contribution is -0.131. The van der Waals surface area contributed by atoms with Gasteiger partial charge in [0.25, 0.3) is 0 Å².